The molecule has 0 saturated carbocycles. The van der Waals surface area contributed by atoms with Gasteiger partial charge >= 0.3 is 0 Å². The van der Waals surface area contributed by atoms with Crippen LogP contribution in [0.4, 0.5) is 5.82 Å². The number of halogens is 2. The maximum Gasteiger partial charge on any atom is 0.246 e. The van der Waals surface area contributed by atoms with Gasteiger partial charge in [0.15, 0.2) is 0 Å². The minimum Gasteiger partial charge on any atom is -0.353 e. The number of aryl methyl sites for hydroxylation is 1. The highest BCUT2D eigenvalue weighted by Crippen LogP contribution is 2.23. The maximum atomic E-state index is 12.5. The second-order valence-electron chi connectivity index (χ2n) is 7.20. The summed E-state index contributed by atoms with van der Waals surface area (Å²) in [5, 5.41) is 0.979. The largest absolute Gasteiger partial charge is 0.353 e. The van der Waals surface area contributed by atoms with E-state index in [-0.39, 0.29) is 11.8 Å². The number of amides is 1. The Labute approximate surface area is 176 Å². The number of piperazine rings is 1. The average molecular weight is 419 g/mol. The van der Waals surface area contributed by atoms with Gasteiger partial charge in [0.2, 0.25) is 5.91 Å². The van der Waals surface area contributed by atoms with Crippen molar-refractivity contribution < 1.29 is 4.79 Å². The van der Waals surface area contributed by atoms with Crippen LogP contribution in [-0.4, -0.2) is 47.0 Å². The molecule has 1 aliphatic heterocycles. The van der Waals surface area contributed by atoms with Crippen LogP contribution in [0.2, 0.25) is 10.0 Å². The lowest BCUT2D eigenvalue weighted by molar-refractivity contribution is -0.126. The number of carbonyl (C=O) groups is 1. The Morgan fingerprint density at radius 3 is 2.43 bits per heavy atom. The monoisotopic (exact) mass is 418 g/mol. The first-order chi connectivity index (χ1) is 13.3. The number of carbonyl (C=O) groups excluding carboxylic acids is 1. The van der Waals surface area contributed by atoms with Crippen molar-refractivity contribution >= 4 is 41.0 Å². The second kappa shape index (κ2) is 8.93. The summed E-state index contributed by atoms with van der Waals surface area (Å²) >= 11 is 11.9. The molecular formula is C21H24Cl2N4O. The molecule has 0 bridgehead atoms. The van der Waals surface area contributed by atoms with E-state index in [2.05, 4.69) is 23.7 Å². The van der Waals surface area contributed by atoms with E-state index in [9.17, 15) is 4.79 Å². The summed E-state index contributed by atoms with van der Waals surface area (Å²) in [5.41, 5.74) is 1.82. The van der Waals surface area contributed by atoms with Gasteiger partial charge < -0.3 is 9.80 Å². The number of aromatic nitrogens is 2. The molecule has 1 fully saturated rings. The summed E-state index contributed by atoms with van der Waals surface area (Å²) in [6.07, 6.45) is 3.35. The molecule has 1 amide bonds. The van der Waals surface area contributed by atoms with Gasteiger partial charge in [0.1, 0.15) is 11.6 Å². The molecule has 1 aromatic carbocycles. The average Bonchev–Trinajstić information content (AvgIpc) is 2.68. The molecule has 28 heavy (non-hydrogen) atoms. The Balaban J connectivity index is 1.61. The van der Waals surface area contributed by atoms with E-state index in [1.54, 1.807) is 24.3 Å². The lowest BCUT2D eigenvalue weighted by Crippen LogP contribution is -2.48. The van der Waals surface area contributed by atoms with Gasteiger partial charge in [-0.25, -0.2) is 9.97 Å². The first-order valence-electron chi connectivity index (χ1n) is 9.36. The number of hydrogen-bond acceptors (Lipinski definition) is 4. The quantitative estimate of drug-likeness (QED) is 0.681. The third-order valence-electron chi connectivity index (χ3n) is 4.65. The highest BCUT2D eigenvalue weighted by molar-refractivity contribution is 6.42. The van der Waals surface area contributed by atoms with Crippen LogP contribution in [0.1, 0.15) is 36.8 Å². The van der Waals surface area contributed by atoms with Gasteiger partial charge in [-0.2, -0.15) is 0 Å². The van der Waals surface area contributed by atoms with Crippen LogP contribution < -0.4 is 4.90 Å². The topological polar surface area (TPSA) is 49.3 Å². The van der Waals surface area contributed by atoms with E-state index in [1.165, 1.54) is 0 Å². The van der Waals surface area contributed by atoms with Gasteiger partial charge in [0, 0.05) is 49.9 Å². The van der Waals surface area contributed by atoms with Crippen molar-refractivity contribution in [1.29, 1.82) is 0 Å². The van der Waals surface area contributed by atoms with Gasteiger partial charge in [-0.1, -0.05) is 43.1 Å². The van der Waals surface area contributed by atoms with Gasteiger partial charge in [0.25, 0.3) is 0 Å². The fraction of sp³-hybridized carbons (Fsp3) is 0.381. The van der Waals surface area contributed by atoms with E-state index < -0.39 is 0 Å². The van der Waals surface area contributed by atoms with Crippen molar-refractivity contribution in [2.75, 3.05) is 31.1 Å². The van der Waals surface area contributed by atoms with Crippen LogP contribution in [0.5, 0.6) is 0 Å². The molecule has 7 heteroatoms. The molecule has 1 aromatic heterocycles. The standard InChI is InChI=1S/C21H24Cl2N4O/c1-14(2)21-24-15(3)12-19(25-21)26-8-10-27(11-9-26)20(28)7-5-16-4-6-17(22)18(23)13-16/h4-7,12-14H,8-11H2,1-3H3/b7-5+. The summed E-state index contributed by atoms with van der Waals surface area (Å²) in [5.74, 6) is 2.08. The minimum absolute atomic E-state index is 0.00698. The Hall–Kier alpha value is -2.11. The van der Waals surface area contributed by atoms with Crippen LogP contribution in [0.3, 0.4) is 0 Å². The maximum absolute atomic E-state index is 12.5. The number of hydrogen-bond donors (Lipinski definition) is 0. The van der Waals surface area contributed by atoms with Gasteiger partial charge in [-0.05, 0) is 30.7 Å². The number of anilines is 1. The Morgan fingerprint density at radius 2 is 1.79 bits per heavy atom. The van der Waals surface area contributed by atoms with E-state index in [4.69, 9.17) is 28.2 Å². The number of benzene rings is 1. The van der Waals surface area contributed by atoms with Crippen molar-refractivity contribution in [3.8, 4) is 0 Å². The Bertz CT molecular complexity index is 890. The predicted octanol–water partition coefficient (Wildman–Crippen LogP) is 4.58. The number of rotatable bonds is 4. The van der Waals surface area contributed by atoms with E-state index >= 15 is 0 Å². The van der Waals surface area contributed by atoms with Crippen molar-refractivity contribution in [2.45, 2.75) is 26.7 Å². The van der Waals surface area contributed by atoms with Crippen LogP contribution >= 0.6 is 23.2 Å². The normalized spacial score (nSPS) is 14.9. The molecule has 1 saturated heterocycles. The first-order valence-corrected chi connectivity index (χ1v) is 10.1. The molecule has 3 rings (SSSR count). The molecular weight excluding hydrogens is 395 g/mol. The fourth-order valence-corrected chi connectivity index (χ4v) is 3.35. The van der Waals surface area contributed by atoms with Crippen molar-refractivity contribution in [3.05, 3.63) is 57.5 Å². The zero-order chi connectivity index (χ0) is 20.3. The molecule has 148 valence electrons. The lowest BCUT2D eigenvalue weighted by atomic mass is 10.2. The van der Waals surface area contributed by atoms with Crippen molar-refractivity contribution in [3.63, 3.8) is 0 Å². The lowest BCUT2D eigenvalue weighted by Gasteiger charge is -2.35. The number of nitrogens with zero attached hydrogens (tertiary/aromatic N) is 4. The van der Waals surface area contributed by atoms with Crippen LogP contribution in [-0.2, 0) is 4.79 Å². The Kier molecular flexibility index (Phi) is 6.57. The van der Waals surface area contributed by atoms with Crippen molar-refractivity contribution in [1.82, 2.24) is 14.9 Å². The fourth-order valence-electron chi connectivity index (χ4n) is 3.04. The van der Waals surface area contributed by atoms with Crippen LogP contribution in [0, 0.1) is 6.92 Å². The highest BCUT2D eigenvalue weighted by Gasteiger charge is 2.21. The van der Waals surface area contributed by atoms with Crippen LogP contribution in [0.25, 0.3) is 6.08 Å². The highest BCUT2D eigenvalue weighted by atomic mass is 35.5. The molecule has 5 nitrogen and oxygen atoms in total. The summed E-state index contributed by atoms with van der Waals surface area (Å²) < 4.78 is 0. The molecule has 1 aliphatic rings. The molecule has 0 unspecified atom stereocenters. The molecule has 0 radical (unpaired) electrons. The third-order valence-corrected chi connectivity index (χ3v) is 5.39. The summed E-state index contributed by atoms with van der Waals surface area (Å²) in [7, 11) is 0. The van der Waals surface area contributed by atoms with Gasteiger partial charge in [-0.3, -0.25) is 4.79 Å². The second-order valence-corrected chi connectivity index (χ2v) is 8.01. The van der Waals surface area contributed by atoms with Gasteiger partial charge in [-0.15, -0.1) is 0 Å². The Morgan fingerprint density at radius 1 is 1.07 bits per heavy atom. The van der Waals surface area contributed by atoms with Gasteiger partial charge in [0.05, 0.1) is 10.0 Å². The molecule has 2 aromatic rings. The molecule has 0 spiro atoms. The zero-order valence-corrected chi connectivity index (χ0v) is 17.8. The molecule has 2 heterocycles. The third kappa shape index (κ3) is 5.03. The van der Waals surface area contributed by atoms with E-state index in [0.717, 1.165) is 36.0 Å². The van der Waals surface area contributed by atoms with Crippen molar-refractivity contribution in [2.24, 2.45) is 0 Å². The smallest absolute Gasteiger partial charge is 0.246 e. The molecule has 0 N–H and O–H groups in total. The summed E-state index contributed by atoms with van der Waals surface area (Å²) in [6, 6.07) is 7.31. The molecule has 0 aliphatic carbocycles. The van der Waals surface area contributed by atoms with E-state index in [1.807, 2.05) is 24.0 Å². The van der Waals surface area contributed by atoms with E-state index in [0.29, 0.717) is 23.1 Å². The SMILES string of the molecule is Cc1cc(N2CCN(C(=O)/C=C/c3ccc(Cl)c(Cl)c3)CC2)nc(C(C)C)n1. The first kappa shape index (κ1) is 20.6. The molecule has 0 atom stereocenters. The zero-order valence-electron chi connectivity index (χ0n) is 16.3. The summed E-state index contributed by atoms with van der Waals surface area (Å²) in [4.78, 5) is 25.8. The van der Waals surface area contributed by atoms with Crippen LogP contribution in [0.15, 0.2) is 30.3 Å². The minimum atomic E-state index is -0.00698. The summed E-state index contributed by atoms with van der Waals surface area (Å²) in [6.45, 7) is 8.99. The predicted molar refractivity (Wildman–Crippen MR) is 115 cm³/mol.